The van der Waals surface area contributed by atoms with Crippen LogP contribution in [0.15, 0.2) is 36.5 Å². The van der Waals surface area contributed by atoms with Gasteiger partial charge in [0.05, 0.1) is 42.3 Å². The van der Waals surface area contributed by atoms with Crippen molar-refractivity contribution in [2.24, 2.45) is 0 Å². The van der Waals surface area contributed by atoms with Crippen molar-refractivity contribution >= 4 is 16.9 Å². The second-order valence-electron chi connectivity index (χ2n) is 8.71. The minimum atomic E-state index is -4.40. The lowest BCUT2D eigenvalue weighted by molar-refractivity contribution is -0.137. The first-order valence-corrected chi connectivity index (χ1v) is 11.3. The number of alkyl halides is 3. The second-order valence-corrected chi connectivity index (χ2v) is 8.71. The number of aryl methyl sites for hydroxylation is 1. The van der Waals surface area contributed by atoms with E-state index < -0.39 is 11.7 Å². The zero-order chi connectivity index (χ0) is 24.5. The predicted octanol–water partition coefficient (Wildman–Crippen LogP) is 4.14. The molecule has 0 saturated carbocycles. The molecule has 1 fully saturated rings. The Morgan fingerprint density at radius 3 is 2.47 bits per heavy atom. The molecule has 0 bridgehead atoms. The van der Waals surface area contributed by atoms with Crippen molar-refractivity contribution in [3.63, 3.8) is 0 Å². The third-order valence-electron chi connectivity index (χ3n) is 6.06. The van der Waals surface area contributed by atoms with Crippen LogP contribution in [0, 0.1) is 6.92 Å². The number of rotatable bonds is 6. The smallest absolute Gasteiger partial charge is 0.379 e. The normalized spacial score (nSPS) is 16.2. The molecule has 0 aliphatic carbocycles. The van der Waals surface area contributed by atoms with Crippen molar-refractivity contribution in [3.05, 3.63) is 58.9 Å². The Balaban J connectivity index is 1.55. The van der Waals surface area contributed by atoms with Crippen LogP contribution in [-0.2, 0) is 10.9 Å². The van der Waals surface area contributed by atoms with E-state index in [4.69, 9.17) is 4.74 Å². The number of ether oxygens (including phenoxy) is 1. The van der Waals surface area contributed by atoms with Gasteiger partial charge >= 0.3 is 6.18 Å². The van der Waals surface area contributed by atoms with Gasteiger partial charge in [0.15, 0.2) is 5.65 Å². The van der Waals surface area contributed by atoms with Crippen molar-refractivity contribution in [3.8, 4) is 0 Å². The van der Waals surface area contributed by atoms with Crippen LogP contribution < -0.4 is 5.32 Å². The number of nitrogens with one attached hydrogen (secondary N) is 1. The quantitative estimate of drug-likeness (QED) is 0.580. The fourth-order valence-electron chi connectivity index (χ4n) is 4.20. The zero-order valence-electron chi connectivity index (χ0n) is 19.4. The number of hydrogen-bond donors (Lipinski definition) is 1. The number of carbonyl (C=O) groups is 1. The highest BCUT2D eigenvalue weighted by atomic mass is 19.4. The lowest BCUT2D eigenvalue weighted by Crippen LogP contribution is -2.44. The number of benzene rings is 1. The van der Waals surface area contributed by atoms with Crippen molar-refractivity contribution < 1.29 is 22.7 Å². The molecule has 1 unspecified atom stereocenters. The Labute approximate surface area is 195 Å². The predicted molar refractivity (Wildman–Crippen MR) is 122 cm³/mol. The number of pyridine rings is 1. The van der Waals surface area contributed by atoms with E-state index in [0.29, 0.717) is 43.1 Å². The fourth-order valence-corrected chi connectivity index (χ4v) is 4.20. The third-order valence-corrected chi connectivity index (χ3v) is 6.06. The molecule has 10 heteroatoms. The van der Waals surface area contributed by atoms with E-state index in [0.717, 1.165) is 23.2 Å². The topological polar surface area (TPSA) is 72.3 Å². The number of carbonyl (C=O) groups excluding carboxylic acids is 1. The van der Waals surface area contributed by atoms with E-state index in [1.54, 1.807) is 19.2 Å². The maximum absolute atomic E-state index is 13.1. The number of halogens is 3. The molecule has 1 aliphatic rings. The monoisotopic (exact) mass is 475 g/mol. The van der Waals surface area contributed by atoms with Crippen molar-refractivity contribution in [1.29, 1.82) is 0 Å². The lowest BCUT2D eigenvalue weighted by Gasteiger charge is -2.35. The highest BCUT2D eigenvalue weighted by Crippen LogP contribution is 2.31. The summed E-state index contributed by atoms with van der Waals surface area (Å²) in [7, 11) is 0. The van der Waals surface area contributed by atoms with Gasteiger partial charge in [0.1, 0.15) is 0 Å². The molecule has 0 radical (unpaired) electrons. The van der Waals surface area contributed by atoms with E-state index in [1.807, 2.05) is 18.5 Å². The van der Waals surface area contributed by atoms with Crippen LogP contribution in [-0.4, -0.2) is 58.4 Å². The molecule has 2 aromatic heterocycles. The van der Waals surface area contributed by atoms with E-state index in [9.17, 15) is 18.0 Å². The van der Waals surface area contributed by atoms with Gasteiger partial charge in [-0.25, -0.2) is 9.67 Å². The molecule has 3 heterocycles. The van der Waals surface area contributed by atoms with Crippen LogP contribution in [0.5, 0.6) is 0 Å². The molecular formula is C24H28F3N5O2. The van der Waals surface area contributed by atoms with Gasteiger partial charge in [-0.3, -0.25) is 9.69 Å². The van der Waals surface area contributed by atoms with Crippen LogP contribution in [0.25, 0.3) is 11.0 Å². The molecule has 7 nitrogen and oxygen atoms in total. The Morgan fingerprint density at radius 1 is 1.18 bits per heavy atom. The van der Waals surface area contributed by atoms with Crippen LogP contribution in [0.2, 0.25) is 0 Å². The summed E-state index contributed by atoms with van der Waals surface area (Å²) >= 11 is 0. The standard InChI is InChI=1S/C24H28F3N5O2/c1-15(2)32-22-18(13-29-32)12-20(16(3)30-22)23(33)28-14-21(31-8-10-34-11-9-31)17-4-6-19(7-5-17)24(25,26)27/h4-7,12-13,15,21H,8-11,14H2,1-3H3,(H,28,33). The molecule has 0 spiro atoms. The molecular weight excluding hydrogens is 447 g/mol. The van der Waals surface area contributed by atoms with Gasteiger partial charge in [-0.2, -0.15) is 18.3 Å². The molecule has 1 amide bonds. The molecule has 1 atom stereocenters. The third kappa shape index (κ3) is 5.07. The van der Waals surface area contributed by atoms with E-state index in [-0.39, 0.29) is 24.5 Å². The summed E-state index contributed by atoms with van der Waals surface area (Å²) in [6, 6.07) is 6.76. The zero-order valence-corrected chi connectivity index (χ0v) is 19.4. The highest BCUT2D eigenvalue weighted by molar-refractivity contribution is 5.98. The number of fused-ring (bicyclic) bond motifs is 1. The molecule has 1 aromatic carbocycles. The van der Waals surface area contributed by atoms with Crippen LogP contribution in [0.3, 0.4) is 0 Å². The lowest BCUT2D eigenvalue weighted by atomic mass is 10.0. The number of nitrogens with zero attached hydrogens (tertiary/aromatic N) is 4. The minimum Gasteiger partial charge on any atom is -0.379 e. The number of aromatic nitrogens is 3. The van der Waals surface area contributed by atoms with Gasteiger partial charge in [-0.05, 0) is 44.5 Å². The summed E-state index contributed by atoms with van der Waals surface area (Å²) in [6.07, 6.45) is -2.70. The van der Waals surface area contributed by atoms with Crippen LogP contribution in [0.1, 0.15) is 53.1 Å². The van der Waals surface area contributed by atoms with Gasteiger partial charge in [0.2, 0.25) is 0 Å². The number of morpholine rings is 1. The largest absolute Gasteiger partial charge is 0.416 e. The molecule has 3 aromatic rings. The Kier molecular flexibility index (Phi) is 6.90. The molecule has 4 rings (SSSR count). The minimum absolute atomic E-state index is 0.141. The summed E-state index contributed by atoms with van der Waals surface area (Å²) in [5.41, 5.74) is 1.77. The second kappa shape index (κ2) is 9.71. The van der Waals surface area contributed by atoms with E-state index in [2.05, 4.69) is 20.3 Å². The first-order chi connectivity index (χ1) is 16.1. The Hall–Kier alpha value is -2.98. The SMILES string of the molecule is Cc1nc2c(cnn2C(C)C)cc1C(=O)NCC(c1ccc(C(F)(F)F)cc1)N1CCOCC1. The Bertz CT molecular complexity index is 1150. The molecule has 34 heavy (non-hydrogen) atoms. The van der Waals surface area contributed by atoms with Gasteiger partial charge in [0.25, 0.3) is 5.91 Å². The molecule has 1 N–H and O–H groups in total. The summed E-state index contributed by atoms with van der Waals surface area (Å²) in [5.74, 6) is -0.283. The van der Waals surface area contributed by atoms with Crippen molar-refractivity contribution in [1.82, 2.24) is 25.0 Å². The van der Waals surface area contributed by atoms with Crippen LogP contribution in [0.4, 0.5) is 13.2 Å². The van der Waals surface area contributed by atoms with Gasteiger partial charge in [0, 0.05) is 31.1 Å². The molecule has 182 valence electrons. The maximum atomic E-state index is 13.1. The fraction of sp³-hybridized carbons (Fsp3) is 0.458. The maximum Gasteiger partial charge on any atom is 0.416 e. The average molecular weight is 476 g/mol. The van der Waals surface area contributed by atoms with Crippen LogP contribution >= 0.6 is 0 Å². The highest BCUT2D eigenvalue weighted by Gasteiger charge is 2.31. The Morgan fingerprint density at radius 2 is 1.85 bits per heavy atom. The average Bonchev–Trinajstić information content (AvgIpc) is 3.22. The summed E-state index contributed by atoms with van der Waals surface area (Å²) in [5, 5.41) is 8.10. The first kappa shape index (κ1) is 24.2. The molecule has 1 saturated heterocycles. The van der Waals surface area contributed by atoms with E-state index >= 15 is 0 Å². The number of hydrogen-bond acceptors (Lipinski definition) is 5. The van der Waals surface area contributed by atoms with E-state index in [1.165, 1.54) is 12.1 Å². The van der Waals surface area contributed by atoms with Gasteiger partial charge in [-0.1, -0.05) is 12.1 Å². The summed E-state index contributed by atoms with van der Waals surface area (Å²) in [4.78, 5) is 19.8. The molecule has 1 aliphatic heterocycles. The number of amides is 1. The summed E-state index contributed by atoms with van der Waals surface area (Å²) in [6.45, 7) is 8.36. The van der Waals surface area contributed by atoms with Gasteiger partial charge < -0.3 is 10.1 Å². The summed E-state index contributed by atoms with van der Waals surface area (Å²) < 4.78 is 46.3. The first-order valence-electron chi connectivity index (χ1n) is 11.3. The van der Waals surface area contributed by atoms with Gasteiger partial charge in [-0.15, -0.1) is 0 Å². The van der Waals surface area contributed by atoms with Crippen molar-refractivity contribution in [2.45, 2.75) is 39.0 Å². The van der Waals surface area contributed by atoms with Crippen molar-refractivity contribution in [2.75, 3.05) is 32.8 Å².